The number of hydrogen-bond donors (Lipinski definition) is 0. The molecule has 1 atom stereocenters. The topological polar surface area (TPSA) is 96.7 Å². The summed E-state index contributed by atoms with van der Waals surface area (Å²) in [7, 11) is -3.89. The first-order valence-corrected chi connectivity index (χ1v) is 10.0. The van der Waals surface area contributed by atoms with Gasteiger partial charge in [0.25, 0.3) is 15.7 Å². The van der Waals surface area contributed by atoms with Gasteiger partial charge in [-0.15, -0.1) is 0 Å². The van der Waals surface area contributed by atoms with Crippen molar-refractivity contribution >= 4 is 10.1 Å². The van der Waals surface area contributed by atoms with Gasteiger partial charge in [-0.1, -0.05) is 17.7 Å². The minimum atomic E-state index is -3.89. The molecular formula is C18H22N2O6S. The molecule has 8 nitrogen and oxygen atoms in total. The minimum Gasteiger partial charge on any atom is -0.457 e. The fourth-order valence-corrected chi connectivity index (χ4v) is 3.54. The van der Waals surface area contributed by atoms with Crippen molar-refractivity contribution in [3.8, 4) is 6.01 Å². The summed E-state index contributed by atoms with van der Waals surface area (Å²) < 4.78 is 42.6. The molecule has 0 bridgehead atoms. The van der Waals surface area contributed by atoms with Crippen LogP contribution in [-0.2, 0) is 32.2 Å². The standard InChI is InChI=1S/C18H22N2O6S/c1-12(2)24-10-14-8-17(21)19-18-20(14)9-15(26-18)11-25-27(22,23)16-6-4-13(3)5-7-16/h4-8,12,15H,9-11H2,1-3H3/t15-/m0/s1. The molecule has 0 unspecified atom stereocenters. The van der Waals surface area contributed by atoms with E-state index in [4.69, 9.17) is 13.7 Å². The zero-order valence-electron chi connectivity index (χ0n) is 15.4. The third-order valence-corrected chi connectivity index (χ3v) is 5.31. The highest BCUT2D eigenvalue weighted by Gasteiger charge is 2.28. The molecule has 1 aromatic heterocycles. The van der Waals surface area contributed by atoms with Gasteiger partial charge in [0, 0.05) is 6.07 Å². The molecule has 1 aliphatic rings. The van der Waals surface area contributed by atoms with Crippen LogP contribution in [-0.4, -0.2) is 36.8 Å². The second-order valence-corrected chi connectivity index (χ2v) is 8.25. The number of nitrogens with zero attached hydrogens (tertiary/aromatic N) is 2. The highest BCUT2D eigenvalue weighted by atomic mass is 32.2. The Hall–Kier alpha value is -2.23. The fourth-order valence-electron chi connectivity index (χ4n) is 2.60. The number of aromatic nitrogens is 2. The molecule has 0 fully saturated rings. The van der Waals surface area contributed by atoms with Crippen LogP contribution < -0.4 is 10.3 Å². The number of hydrogen-bond acceptors (Lipinski definition) is 7. The van der Waals surface area contributed by atoms with Crippen LogP contribution in [0, 0.1) is 6.92 Å². The van der Waals surface area contributed by atoms with Crippen LogP contribution in [0.15, 0.2) is 40.0 Å². The fraction of sp³-hybridized carbons (Fsp3) is 0.444. The van der Waals surface area contributed by atoms with Crippen molar-refractivity contribution < 1.29 is 22.1 Å². The number of aryl methyl sites for hydroxylation is 1. The van der Waals surface area contributed by atoms with E-state index < -0.39 is 21.8 Å². The lowest BCUT2D eigenvalue weighted by atomic mass is 10.2. The van der Waals surface area contributed by atoms with E-state index in [-0.39, 0.29) is 30.2 Å². The first kappa shape index (κ1) is 19.5. The summed E-state index contributed by atoms with van der Waals surface area (Å²) in [5, 5.41) is 0. The van der Waals surface area contributed by atoms with Crippen LogP contribution in [0.5, 0.6) is 6.01 Å². The van der Waals surface area contributed by atoms with Crippen molar-refractivity contribution in [3.63, 3.8) is 0 Å². The minimum absolute atomic E-state index is 0.00520. The Balaban J connectivity index is 1.68. The molecule has 1 aliphatic heterocycles. The summed E-state index contributed by atoms with van der Waals surface area (Å²) >= 11 is 0. The van der Waals surface area contributed by atoms with Crippen molar-refractivity contribution in [1.29, 1.82) is 0 Å². The van der Waals surface area contributed by atoms with Crippen molar-refractivity contribution in [2.24, 2.45) is 0 Å². The second-order valence-electron chi connectivity index (χ2n) is 6.63. The Morgan fingerprint density at radius 2 is 2.00 bits per heavy atom. The summed E-state index contributed by atoms with van der Waals surface area (Å²) in [6.45, 7) is 6.04. The molecule has 0 spiro atoms. The van der Waals surface area contributed by atoms with Gasteiger partial charge in [0.1, 0.15) is 12.7 Å². The van der Waals surface area contributed by atoms with E-state index >= 15 is 0 Å². The summed E-state index contributed by atoms with van der Waals surface area (Å²) in [5.74, 6) is 0. The average Bonchev–Trinajstić information content (AvgIpc) is 3.01. The Morgan fingerprint density at radius 3 is 2.67 bits per heavy atom. The number of fused-ring (bicyclic) bond motifs is 1. The Labute approximate surface area is 157 Å². The van der Waals surface area contributed by atoms with Gasteiger partial charge in [0.15, 0.2) is 0 Å². The Kier molecular flexibility index (Phi) is 5.64. The first-order valence-electron chi connectivity index (χ1n) is 8.60. The van der Waals surface area contributed by atoms with Gasteiger partial charge in [-0.05, 0) is 32.9 Å². The molecule has 146 valence electrons. The smallest absolute Gasteiger partial charge is 0.300 e. The normalized spacial score (nSPS) is 16.4. The number of ether oxygens (including phenoxy) is 2. The lowest BCUT2D eigenvalue weighted by Gasteiger charge is -2.11. The van der Waals surface area contributed by atoms with E-state index in [0.717, 1.165) is 5.56 Å². The molecule has 3 rings (SSSR count). The van der Waals surface area contributed by atoms with Crippen LogP contribution in [0.1, 0.15) is 25.1 Å². The van der Waals surface area contributed by atoms with Crippen LogP contribution in [0.25, 0.3) is 0 Å². The number of benzene rings is 1. The maximum absolute atomic E-state index is 12.3. The summed E-state index contributed by atoms with van der Waals surface area (Å²) in [5.41, 5.74) is 1.15. The van der Waals surface area contributed by atoms with Crippen molar-refractivity contribution in [2.75, 3.05) is 6.61 Å². The second kappa shape index (κ2) is 7.79. The average molecular weight is 394 g/mol. The highest BCUT2D eigenvalue weighted by molar-refractivity contribution is 7.86. The zero-order chi connectivity index (χ0) is 19.6. The molecule has 2 heterocycles. The van der Waals surface area contributed by atoms with Crippen LogP contribution in [0.3, 0.4) is 0 Å². The molecule has 2 aromatic rings. The molecule has 0 saturated carbocycles. The monoisotopic (exact) mass is 394 g/mol. The van der Waals surface area contributed by atoms with Crippen LogP contribution in [0.2, 0.25) is 0 Å². The SMILES string of the molecule is Cc1ccc(S(=O)(=O)OC[C@@H]2Cn3c(COC(C)C)cc(=O)nc3O2)cc1. The summed E-state index contributed by atoms with van der Waals surface area (Å²) in [6.07, 6.45) is -0.567. The third kappa shape index (κ3) is 4.74. The zero-order valence-corrected chi connectivity index (χ0v) is 16.2. The Bertz CT molecular complexity index is 966. The molecule has 1 aromatic carbocycles. The lowest BCUT2D eigenvalue weighted by molar-refractivity contribution is 0.0613. The predicted molar refractivity (Wildman–Crippen MR) is 97.2 cm³/mol. The van der Waals surface area contributed by atoms with Gasteiger partial charge < -0.3 is 9.47 Å². The van der Waals surface area contributed by atoms with Gasteiger partial charge in [-0.2, -0.15) is 13.4 Å². The molecule has 0 aliphatic carbocycles. The van der Waals surface area contributed by atoms with E-state index in [0.29, 0.717) is 12.2 Å². The van der Waals surface area contributed by atoms with E-state index in [9.17, 15) is 13.2 Å². The Morgan fingerprint density at radius 1 is 1.30 bits per heavy atom. The largest absolute Gasteiger partial charge is 0.457 e. The van der Waals surface area contributed by atoms with Gasteiger partial charge in [0.2, 0.25) is 0 Å². The van der Waals surface area contributed by atoms with E-state index in [1.165, 1.54) is 18.2 Å². The molecule has 9 heteroatoms. The van der Waals surface area contributed by atoms with Crippen molar-refractivity contribution in [1.82, 2.24) is 9.55 Å². The molecule has 27 heavy (non-hydrogen) atoms. The molecule has 0 saturated heterocycles. The van der Waals surface area contributed by atoms with E-state index in [1.54, 1.807) is 16.7 Å². The van der Waals surface area contributed by atoms with Gasteiger partial charge >= 0.3 is 6.01 Å². The maximum Gasteiger partial charge on any atom is 0.300 e. The van der Waals surface area contributed by atoms with Crippen LogP contribution in [0.4, 0.5) is 0 Å². The van der Waals surface area contributed by atoms with Crippen LogP contribution >= 0.6 is 0 Å². The summed E-state index contributed by atoms with van der Waals surface area (Å²) in [6, 6.07) is 7.93. The van der Waals surface area contributed by atoms with Crippen molar-refractivity contribution in [2.45, 2.75) is 51.0 Å². The number of rotatable bonds is 7. The quantitative estimate of drug-likeness (QED) is 0.659. The van der Waals surface area contributed by atoms with Gasteiger partial charge in [0.05, 0.1) is 29.8 Å². The van der Waals surface area contributed by atoms with E-state index in [2.05, 4.69) is 4.98 Å². The van der Waals surface area contributed by atoms with E-state index in [1.807, 2.05) is 20.8 Å². The molecular weight excluding hydrogens is 372 g/mol. The van der Waals surface area contributed by atoms with Gasteiger partial charge in [-0.25, -0.2) is 0 Å². The molecule has 0 radical (unpaired) electrons. The molecule has 0 N–H and O–H groups in total. The van der Waals surface area contributed by atoms with Crippen molar-refractivity contribution in [3.05, 3.63) is 51.9 Å². The molecule has 0 amide bonds. The van der Waals surface area contributed by atoms with Gasteiger partial charge in [-0.3, -0.25) is 13.5 Å². The third-order valence-electron chi connectivity index (χ3n) is 4.02. The highest BCUT2D eigenvalue weighted by Crippen LogP contribution is 2.22. The lowest BCUT2D eigenvalue weighted by Crippen LogP contribution is -2.24. The summed E-state index contributed by atoms with van der Waals surface area (Å²) in [4.78, 5) is 15.7. The predicted octanol–water partition coefficient (Wildman–Crippen LogP) is 1.64. The first-order chi connectivity index (χ1) is 12.7. The maximum atomic E-state index is 12.3.